The molecule has 1 aromatic heterocycles. The number of nitrogens with zero attached hydrogens (tertiary/aromatic N) is 5. The van der Waals surface area contributed by atoms with Gasteiger partial charge in [-0.15, -0.1) is 0 Å². The van der Waals surface area contributed by atoms with Crippen LogP contribution in [0, 0.1) is 17.5 Å². The molecule has 2 atom stereocenters. The monoisotopic (exact) mass is 493 g/mol. The molecule has 2 heterocycles. The maximum absolute atomic E-state index is 14.8. The lowest BCUT2D eigenvalue weighted by Gasteiger charge is -2.45. The Morgan fingerprint density at radius 1 is 1.15 bits per heavy atom. The Kier molecular flexibility index (Phi) is 7.16. The van der Waals surface area contributed by atoms with Gasteiger partial charge in [0.25, 0.3) is 0 Å². The summed E-state index contributed by atoms with van der Waals surface area (Å²) in [7, 11) is 1.89. The Morgan fingerprint density at radius 3 is 2.50 bits per heavy atom. The number of benzene rings is 2. The first kappa shape index (κ1) is 24.5. The van der Waals surface area contributed by atoms with Gasteiger partial charge in [0.2, 0.25) is 0 Å². The van der Waals surface area contributed by atoms with Crippen LogP contribution in [0.4, 0.5) is 18.9 Å². The van der Waals surface area contributed by atoms with Gasteiger partial charge >= 0.3 is 0 Å². The van der Waals surface area contributed by atoms with Gasteiger partial charge in [-0.3, -0.25) is 4.90 Å². The molecule has 0 bridgehead atoms. The summed E-state index contributed by atoms with van der Waals surface area (Å²) in [6.45, 7) is 3.15. The minimum Gasteiger partial charge on any atom is -0.381 e. The second-order valence-corrected chi connectivity index (χ2v) is 9.21. The first-order chi connectivity index (χ1) is 16.2. The number of anilines is 1. The van der Waals surface area contributed by atoms with Crippen LogP contribution < -0.4 is 4.90 Å². The third-order valence-electron chi connectivity index (χ3n) is 6.88. The molecular formula is C24H27ClF3N5O. The molecule has 1 N–H and O–H groups in total. The van der Waals surface area contributed by atoms with Crippen molar-refractivity contribution in [2.24, 2.45) is 0 Å². The van der Waals surface area contributed by atoms with Crippen molar-refractivity contribution in [2.75, 3.05) is 25.0 Å². The number of hydrogen-bond donors (Lipinski definition) is 1. The predicted molar refractivity (Wildman–Crippen MR) is 124 cm³/mol. The first-order valence-corrected chi connectivity index (χ1v) is 11.5. The van der Waals surface area contributed by atoms with Crippen LogP contribution in [0.3, 0.4) is 0 Å². The van der Waals surface area contributed by atoms with Gasteiger partial charge in [-0.05, 0) is 51.1 Å². The number of aromatic nitrogens is 3. The molecule has 1 aliphatic heterocycles. The Bertz CT molecular complexity index is 1120. The average Bonchev–Trinajstić information content (AvgIpc) is 3.32. The number of rotatable bonds is 7. The van der Waals surface area contributed by atoms with Crippen LogP contribution >= 0.6 is 11.6 Å². The molecule has 1 saturated heterocycles. The van der Waals surface area contributed by atoms with Crippen molar-refractivity contribution in [3.8, 4) is 0 Å². The van der Waals surface area contributed by atoms with Gasteiger partial charge in [-0.2, -0.15) is 5.10 Å². The Balaban J connectivity index is 1.53. The lowest BCUT2D eigenvalue weighted by Crippen LogP contribution is -2.55. The number of piperidine rings is 1. The Labute approximate surface area is 201 Å². The van der Waals surface area contributed by atoms with E-state index in [1.54, 1.807) is 12.1 Å². The second-order valence-electron chi connectivity index (χ2n) is 8.80. The van der Waals surface area contributed by atoms with Crippen molar-refractivity contribution in [1.29, 1.82) is 0 Å². The fourth-order valence-corrected chi connectivity index (χ4v) is 4.83. The SMILES string of the molecule is C[C@@H](N(C)C1CCN(c2ccc(Cl)c(F)c2)CC1)[C@](O)(Cn1cncn1)c1ccc(F)cc1F. The molecule has 3 aromatic rings. The fraction of sp³-hybridized carbons (Fsp3) is 0.417. The van der Waals surface area contributed by atoms with Gasteiger partial charge in [-0.25, -0.2) is 22.8 Å². The molecular weight excluding hydrogens is 467 g/mol. The molecule has 182 valence electrons. The van der Waals surface area contributed by atoms with Crippen LogP contribution in [-0.2, 0) is 12.1 Å². The van der Waals surface area contributed by atoms with Crippen molar-refractivity contribution < 1.29 is 18.3 Å². The summed E-state index contributed by atoms with van der Waals surface area (Å²) >= 11 is 5.80. The van der Waals surface area contributed by atoms with Crippen LogP contribution in [0.25, 0.3) is 0 Å². The van der Waals surface area contributed by atoms with Crippen LogP contribution in [-0.4, -0.2) is 57.0 Å². The van der Waals surface area contributed by atoms with E-state index in [1.165, 1.54) is 29.5 Å². The summed E-state index contributed by atoms with van der Waals surface area (Å²) < 4.78 is 43.7. The lowest BCUT2D eigenvalue weighted by atomic mass is 9.84. The predicted octanol–water partition coefficient (Wildman–Crippen LogP) is 4.23. The van der Waals surface area contributed by atoms with Gasteiger partial charge in [0.15, 0.2) is 0 Å². The van der Waals surface area contributed by atoms with E-state index in [0.717, 1.165) is 30.7 Å². The smallest absolute Gasteiger partial charge is 0.143 e. The highest BCUT2D eigenvalue weighted by atomic mass is 35.5. The molecule has 2 aromatic carbocycles. The van der Waals surface area contributed by atoms with Gasteiger partial charge < -0.3 is 10.0 Å². The molecule has 6 nitrogen and oxygen atoms in total. The van der Waals surface area contributed by atoms with Crippen molar-refractivity contribution in [3.63, 3.8) is 0 Å². The molecule has 0 spiro atoms. The molecule has 0 amide bonds. The zero-order chi connectivity index (χ0) is 24.5. The normalized spacial score (nSPS) is 17.7. The lowest BCUT2D eigenvalue weighted by molar-refractivity contribution is -0.0697. The summed E-state index contributed by atoms with van der Waals surface area (Å²) in [5, 5.41) is 16.0. The zero-order valence-corrected chi connectivity index (χ0v) is 19.8. The van der Waals surface area contributed by atoms with Crippen molar-refractivity contribution >= 4 is 17.3 Å². The van der Waals surface area contributed by atoms with Crippen molar-refractivity contribution in [2.45, 2.75) is 44.0 Å². The summed E-state index contributed by atoms with van der Waals surface area (Å²) in [5.74, 6) is -1.98. The number of hydrogen-bond acceptors (Lipinski definition) is 5. The Hall–Kier alpha value is -2.62. The topological polar surface area (TPSA) is 57.4 Å². The third-order valence-corrected chi connectivity index (χ3v) is 7.18. The largest absolute Gasteiger partial charge is 0.381 e. The van der Waals surface area contributed by atoms with Crippen molar-refractivity contribution in [3.05, 3.63) is 77.1 Å². The highest BCUT2D eigenvalue weighted by Gasteiger charge is 2.43. The summed E-state index contributed by atoms with van der Waals surface area (Å²) in [6.07, 6.45) is 4.31. The van der Waals surface area contributed by atoms with Crippen LogP contribution in [0.5, 0.6) is 0 Å². The minimum absolute atomic E-state index is 0.00201. The molecule has 0 aliphatic carbocycles. The van der Waals surface area contributed by atoms with Crippen molar-refractivity contribution in [1.82, 2.24) is 19.7 Å². The van der Waals surface area contributed by atoms with Crippen LogP contribution in [0.2, 0.25) is 5.02 Å². The van der Waals surface area contributed by atoms with Gasteiger partial charge in [-0.1, -0.05) is 17.7 Å². The van der Waals surface area contributed by atoms with E-state index < -0.39 is 29.1 Å². The first-order valence-electron chi connectivity index (χ1n) is 11.1. The fourth-order valence-electron chi connectivity index (χ4n) is 4.71. The van der Waals surface area contributed by atoms with Gasteiger partial charge in [0.1, 0.15) is 35.7 Å². The van der Waals surface area contributed by atoms with E-state index in [9.17, 15) is 18.3 Å². The molecule has 0 unspecified atom stereocenters. The summed E-state index contributed by atoms with van der Waals surface area (Å²) in [6, 6.07) is 7.53. The molecule has 0 saturated carbocycles. The standard InChI is InChI=1S/C24H27ClF3N5O/c1-16(24(34,13-33-15-29-14-30-33)20-5-3-17(26)11-22(20)27)31(2)18-7-9-32(10-8-18)19-4-6-21(25)23(28)12-19/h3-6,11-12,14-16,18,34H,7-10,13H2,1-2H3/t16-,24-/m1/s1. The highest BCUT2D eigenvalue weighted by molar-refractivity contribution is 6.30. The third kappa shape index (κ3) is 4.92. The molecule has 1 aliphatic rings. The van der Waals surface area contributed by atoms with E-state index >= 15 is 0 Å². The number of halogens is 4. The van der Waals surface area contributed by atoms with E-state index in [2.05, 4.69) is 15.0 Å². The quantitative estimate of drug-likeness (QED) is 0.534. The zero-order valence-electron chi connectivity index (χ0n) is 19.0. The van der Waals surface area contributed by atoms with Crippen LogP contribution in [0.15, 0.2) is 49.1 Å². The van der Waals surface area contributed by atoms with E-state index in [0.29, 0.717) is 13.1 Å². The minimum atomic E-state index is -1.70. The Morgan fingerprint density at radius 2 is 1.88 bits per heavy atom. The van der Waals surface area contributed by atoms with Gasteiger partial charge in [0, 0.05) is 42.5 Å². The van der Waals surface area contributed by atoms with E-state index in [-0.39, 0.29) is 23.2 Å². The number of likely N-dealkylation sites (N-methyl/N-ethyl adjacent to an activating group) is 1. The van der Waals surface area contributed by atoms with Crippen LogP contribution in [0.1, 0.15) is 25.3 Å². The molecule has 1 fully saturated rings. The van der Waals surface area contributed by atoms with E-state index in [4.69, 9.17) is 11.6 Å². The summed E-state index contributed by atoms with van der Waals surface area (Å²) in [5.41, 5.74) is -0.929. The summed E-state index contributed by atoms with van der Waals surface area (Å²) in [4.78, 5) is 8.03. The maximum Gasteiger partial charge on any atom is 0.143 e. The maximum atomic E-state index is 14.8. The van der Waals surface area contributed by atoms with E-state index in [1.807, 2.05) is 18.9 Å². The molecule has 10 heteroatoms. The molecule has 4 rings (SSSR count). The second kappa shape index (κ2) is 9.93. The molecule has 0 radical (unpaired) electrons. The average molecular weight is 494 g/mol. The van der Waals surface area contributed by atoms with Gasteiger partial charge in [0.05, 0.1) is 11.6 Å². The molecule has 34 heavy (non-hydrogen) atoms. The highest BCUT2D eigenvalue weighted by Crippen LogP contribution is 2.35. The number of aliphatic hydroxyl groups is 1.